The maximum absolute atomic E-state index is 11.0. The lowest BCUT2D eigenvalue weighted by atomic mass is 9.80. The van der Waals surface area contributed by atoms with Crippen LogP contribution in [0.3, 0.4) is 0 Å². The first kappa shape index (κ1) is 23.6. The van der Waals surface area contributed by atoms with E-state index in [4.69, 9.17) is 20.3 Å². The summed E-state index contributed by atoms with van der Waals surface area (Å²) in [5, 5.41) is 13.1. The van der Waals surface area contributed by atoms with Crippen molar-refractivity contribution in [3.63, 3.8) is 0 Å². The first-order valence-corrected chi connectivity index (χ1v) is 12.4. The summed E-state index contributed by atoms with van der Waals surface area (Å²) in [6.07, 6.45) is 4.78. The molecular weight excluding hydrogens is 472 g/mol. The summed E-state index contributed by atoms with van der Waals surface area (Å²) in [6, 6.07) is 11.7. The van der Waals surface area contributed by atoms with Crippen LogP contribution in [0, 0.1) is 5.41 Å². The van der Waals surface area contributed by atoms with Crippen LogP contribution < -0.4 is 11.1 Å². The van der Waals surface area contributed by atoms with Crippen LogP contribution in [0.2, 0.25) is 0 Å². The summed E-state index contributed by atoms with van der Waals surface area (Å²) >= 11 is 0. The third kappa shape index (κ3) is 4.15. The van der Waals surface area contributed by atoms with Crippen molar-refractivity contribution >= 4 is 39.7 Å². The molecule has 3 aromatic heterocycles. The van der Waals surface area contributed by atoms with Gasteiger partial charge in [-0.05, 0) is 68.4 Å². The Balaban J connectivity index is 1.28. The summed E-state index contributed by atoms with van der Waals surface area (Å²) in [6.45, 7) is 6.21. The summed E-state index contributed by atoms with van der Waals surface area (Å²) in [5.74, 6) is 0.108. The van der Waals surface area contributed by atoms with Gasteiger partial charge < -0.3 is 24.9 Å². The minimum atomic E-state index is -1.13. The smallest absolute Gasteiger partial charge is 0.410 e. The molecule has 1 saturated carbocycles. The van der Waals surface area contributed by atoms with Crippen molar-refractivity contribution in [3.05, 3.63) is 54.5 Å². The van der Waals surface area contributed by atoms with E-state index in [1.165, 1.54) is 6.33 Å². The van der Waals surface area contributed by atoms with E-state index >= 15 is 0 Å². The molecule has 1 aliphatic carbocycles. The number of amides is 1. The van der Waals surface area contributed by atoms with Gasteiger partial charge in [-0.1, -0.05) is 19.1 Å². The molecule has 1 amide bonds. The Morgan fingerprint density at radius 1 is 1.19 bits per heavy atom. The van der Waals surface area contributed by atoms with E-state index in [-0.39, 0.29) is 23.7 Å². The largest absolute Gasteiger partial charge is 0.465 e. The molecule has 4 heterocycles. The number of aromatic nitrogens is 4. The fraction of sp³-hybridized carbons (Fsp3) is 0.407. The average Bonchev–Trinajstić information content (AvgIpc) is 3.49. The van der Waals surface area contributed by atoms with Crippen molar-refractivity contribution < 1.29 is 19.4 Å². The number of rotatable bonds is 5. The van der Waals surface area contributed by atoms with Gasteiger partial charge in [0.2, 0.25) is 0 Å². The highest BCUT2D eigenvalue weighted by atomic mass is 16.8. The number of benzene rings is 1. The zero-order chi connectivity index (χ0) is 25.9. The summed E-state index contributed by atoms with van der Waals surface area (Å²) in [5.41, 5.74) is 8.65. The fourth-order valence-electron chi connectivity index (χ4n) is 6.01. The molecule has 1 saturated heterocycles. The first-order valence-electron chi connectivity index (χ1n) is 12.4. The molecule has 0 spiro atoms. The average molecular weight is 503 g/mol. The molecule has 4 atom stereocenters. The van der Waals surface area contributed by atoms with Crippen LogP contribution in [-0.4, -0.2) is 48.7 Å². The van der Waals surface area contributed by atoms with Crippen molar-refractivity contribution in [3.8, 4) is 0 Å². The van der Waals surface area contributed by atoms with Gasteiger partial charge in [-0.3, -0.25) is 5.32 Å². The number of carbonyl (C=O) groups is 1. The van der Waals surface area contributed by atoms with Crippen LogP contribution in [0.25, 0.3) is 21.9 Å². The normalized spacial score (nSPS) is 26.5. The second kappa shape index (κ2) is 8.39. The minimum Gasteiger partial charge on any atom is -0.465 e. The van der Waals surface area contributed by atoms with Crippen molar-refractivity contribution in [1.29, 1.82) is 0 Å². The molecule has 0 unspecified atom stereocenters. The lowest BCUT2D eigenvalue weighted by Gasteiger charge is -2.32. The molecule has 4 N–H and O–H groups in total. The van der Waals surface area contributed by atoms with Gasteiger partial charge in [0.1, 0.15) is 29.7 Å². The number of aryl methyl sites for hydroxylation is 1. The zero-order valence-corrected chi connectivity index (χ0v) is 21.0. The molecule has 10 heteroatoms. The number of nitrogens with two attached hydrogens (primary N) is 1. The molecule has 0 radical (unpaired) electrons. The Morgan fingerprint density at radius 3 is 2.81 bits per heavy atom. The van der Waals surface area contributed by atoms with Crippen LogP contribution in [0.5, 0.6) is 0 Å². The molecule has 4 aromatic rings. The number of pyridine rings is 1. The predicted octanol–water partition coefficient (Wildman–Crippen LogP) is 4.76. The van der Waals surface area contributed by atoms with Crippen LogP contribution in [0.15, 0.2) is 48.9 Å². The van der Waals surface area contributed by atoms with E-state index in [0.717, 1.165) is 46.8 Å². The Labute approximate surface area is 213 Å². The number of hydrogen-bond acceptors (Lipinski definition) is 7. The molecule has 1 aromatic carbocycles. The van der Waals surface area contributed by atoms with Gasteiger partial charge in [0.05, 0.1) is 23.0 Å². The highest BCUT2D eigenvalue weighted by Gasteiger charge is 2.59. The molecule has 2 fully saturated rings. The Hall–Kier alpha value is -3.76. The predicted molar refractivity (Wildman–Crippen MR) is 139 cm³/mol. The van der Waals surface area contributed by atoms with E-state index in [9.17, 15) is 4.79 Å². The third-order valence-electron chi connectivity index (χ3n) is 7.74. The van der Waals surface area contributed by atoms with Gasteiger partial charge >= 0.3 is 6.09 Å². The molecule has 0 bridgehead atoms. The van der Waals surface area contributed by atoms with E-state index in [0.29, 0.717) is 11.6 Å². The number of nitrogen functional groups attached to an aromatic ring is 1. The van der Waals surface area contributed by atoms with E-state index in [2.05, 4.69) is 37.8 Å². The van der Waals surface area contributed by atoms with Crippen molar-refractivity contribution in [1.82, 2.24) is 19.5 Å². The minimum absolute atomic E-state index is 0.0477. The molecule has 6 rings (SSSR count). The molecule has 37 heavy (non-hydrogen) atoms. The summed E-state index contributed by atoms with van der Waals surface area (Å²) < 4.78 is 15.1. The summed E-state index contributed by atoms with van der Waals surface area (Å²) in [7, 11) is 0. The molecular formula is C27H30N6O4. The van der Waals surface area contributed by atoms with Gasteiger partial charge in [-0.2, -0.15) is 0 Å². The highest BCUT2D eigenvalue weighted by molar-refractivity contribution is 5.87. The van der Waals surface area contributed by atoms with Gasteiger partial charge in [-0.15, -0.1) is 0 Å². The van der Waals surface area contributed by atoms with E-state index in [1.54, 1.807) is 6.07 Å². The number of anilines is 2. The fourth-order valence-corrected chi connectivity index (χ4v) is 6.01. The van der Waals surface area contributed by atoms with E-state index in [1.807, 2.05) is 44.3 Å². The topological polar surface area (TPSA) is 137 Å². The number of nitrogens with one attached hydrogen (secondary N) is 1. The van der Waals surface area contributed by atoms with Crippen molar-refractivity contribution in [2.45, 2.75) is 64.1 Å². The first-order chi connectivity index (χ1) is 17.6. The third-order valence-corrected chi connectivity index (χ3v) is 7.74. The number of nitrogens with zero attached hydrogens (tertiary/aromatic N) is 4. The molecule has 192 valence electrons. The molecule has 10 nitrogen and oxygen atoms in total. The summed E-state index contributed by atoms with van der Waals surface area (Å²) in [4.78, 5) is 24.1. The Bertz CT molecular complexity index is 1520. The van der Waals surface area contributed by atoms with Crippen LogP contribution >= 0.6 is 0 Å². The van der Waals surface area contributed by atoms with Crippen LogP contribution in [0.1, 0.15) is 45.2 Å². The standard InChI is InChI=1S/C27H30N6O4/c1-26(2)36-21-19(33-11-9-17-23(28)29-14-30-24(17)33)13-27(3,22(21)37-26)10-8-15-4-5-16-6-7-20(32-25(34)35)31-18(16)12-15/h4-7,9,11-12,14,19,21-22H,8,10,13H2,1-3H3,(H,31,32)(H,34,35)(H2,28,29,30)/t19-,21+,22+,27+/m1/s1. The van der Waals surface area contributed by atoms with Gasteiger partial charge in [0.25, 0.3) is 0 Å². The second-order valence-corrected chi connectivity index (χ2v) is 10.8. The quantitative estimate of drug-likeness (QED) is 0.355. The number of ether oxygens (including phenoxy) is 2. The number of fused-ring (bicyclic) bond motifs is 3. The molecule has 2 aliphatic rings. The lowest BCUT2D eigenvalue weighted by Crippen LogP contribution is -2.34. The van der Waals surface area contributed by atoms with Gasteiger partial charge in [0, 0.05) is 11.6 Å². The van der Waals surface area contributed by atoms with Crippen LogP contribution in [-0.2, 0) is 15.9 Å². The van der Waals surface area contributed by atoms with Crippen molar-refractivity contribution in [2.24, 2.45) is 5.41 Å². The zero-order valence-electron chi connectivity index (χ0n) is 21.0. The SMILES string of the molecule is CC1(C)O[C@H]2[C@H](n3ccc4c(N)ncnc43)C[C@](C)(CCc3ccc4ccc(NC(=O)O)nc4c3)[C@H]2O1. The van der Waals surface area contributed by atoms with Crippen molar-refractivity contribution in [2.75, 3.05) is 11.1 Å². The van der Waals surface area contributed by atoms with Crippen LogP contribution in [0.4, 0.5) is 16.4 Å². The lowest BCUT2D eigenvalue weighted by molar-refractivity contribution is -0.168. The maximum atomic E-state index is 11.0. The Morgan fingerprint density at radius 2 is 2.00 bits per heavy atom. The number of carboxylic acid groups (broad SMARTS) is 1. The highest BCUT2D eigenvalue weighted by Crippen LogP contribution is 2.55. The van der Waals surface area contributed by atoms with E-state index < -0.39 is 11.9 Å². The maximum Gasteiger partial charge on any atom is 0.410 e. The van der Waals surface area contributed by atoms with Gasteiger partial charge in [0.15, 0.2) is 5.79 Å². The van der Waals surface area contributed by atoms with Gasteiger partial charge in [-0.25, -0.2) is 19.7 Å². The number of hydrogen-bond donors (Lipinski definition) is 3. The molecule has 1 aliphatic heterocycles. The monoisotopic (exact) mass is 502 g/mol. The second-order valence-electron chi connectivity index (χ2n) is 10.8. The Kier molecular flexibility index (Phi) is 5.36.